The summed E-state index contributed by atoms with van der Waals surface area (Å²) in [6.45, 7) is 2.10. The zero-order valence-electron chi connectivity index (χ0n) is 11.7. The van der Waals surface area contributed by atoms with Gasteiger partial charge in [-0.3, -0.25) is 19.6 Å². The Morgan fingerprint density at radius 1 is 1.00 bits per heavy atom. The number of amides is 2. The molecule has 108 valence electrons. The Labute approximate surface area is 122 Å². The van der Waals surface area contributed by atoms with E-state index in [1.54, 1.807) is 24.5 Å². The first kappa shape index (κ1) is 14.6. The van der Waals surface area contributed by atoms with Crippen molar-refractivity contribution in [1.82, 2.24) is 20.6 Å². The lowest BCUT2D eigenvalue weighted by Crippen LogP contribution is -2.24. The van der Waals surface area contributed by atoms with Gasteiger partial charge < -0.3 is 10.6 Å². The Hall–Kier alpha value is -2.76. The smallest absolute Gasteiger partial charge is 0.251 e. The number of aromatic nitrogens is 2. The number of rotatable bonds is 5. The molecule has 0 aromatic carbocycles. The molecule has 6 heteroatoms. The van der Waals surface area contributed by atoms with Gasteiger partial charge in [0, 0.05) is 24.9 Å². The van der Waals surface area contributed by atoms with E-state index in [2.05, 4.69) is 20.6 Å². The molecule has 2 aromatic rings. The van der Waals surface area contributed by atoms with E-state index in [1.165, 1.54) is 6.92 Å². The van der Waals surface area contributed by atoms with E-state index in [-0.39, 0.29) is 11.8 Å². The molecule has 0 saturated heterocycles. The lowest BCUT2D eigenvalue weighted by atomic mass is 10.2. The summed E-state index contributed by atoms with van der Waals surface area (Å²) >= 11 is 0. The van der Waals surface area contributed by atoms with Crippen molar-refractivity contribution in [2.45, 2.75) is 20.0 Å². The van der Waals surface area contributed by atoms with Crippen LogP contribution in [0, 0.1) is 0 Å². The molecule has 21 heavy (non-hydrogen) atoms. The molecule has 0 fully saturated rings. The highest BCUT2D eigenvalue weighted by molar-refractivity contribution is 5.94. The Morgan fingerprint density at radius 3 is 2.48 bits per heavy atom. The summed E-state index contributed by atoms with van der Waals surface area (Å²) in [5.41, 5.74) is 1.93. The van der Waals surface area contributed by atoms with Crippen LogP contribution in [-0.2, 0) is 17.9 Å². The number of hydrogen-bond acceptors (Lipinski definition) is 4. The molecule has 0 unspecified atom stereocenters. The van der Waals surface area contributed by atoms with Crippen molar-refractivity contribution in [3.05, 3.63) is 59.7 Å². The van der Waals surface area contributed by atoms with Crippen LogP contribution in [0.5, 0.6) is 0 Å². The van der Waals surface area contributed by atoms with Gasteiger partial charge in [0.2, 0.25) is 5.91 Å². The molecule has 0 aliphatic carbocycles. The highest BCUT2D eigenvalue weighted by Crippen LogP contribution is 2.03. The second-order valence-corrected chi connectivity index (χ2v) is 4.45. The summed E-state index contributed by atoms with van der Waals surface area (Å²) in [6.07, 6.45) is 3.23. The zero-order valence-corrected chi connectivity index (χ0v) is 11.7. The number of carbonyl (C=O) groups is 2. The molecular formula is C15H16N4O2. The third-order valence-electron chi connectivity index (χ3n) is 2.75. The van der Waals surface area contributed by atoms with Gasteiger partial charge in [-0.05, 0) is 24.3 Å². The largest absolute Gasteiger partial charge is 0.351 e. The third-order valence-corrected chi connectivity index (χ3v) is 2.75. The maximum absolute atomic E-state index is 12.1. The zero-order chi connectivity index (χ0) is 15.1. The Bertz CT molecular complexity index is 629. The first-order valence-electron chi connectivity index (χ1n) is 6.52. The second kappa shape index (κ2) is 7.14. The fourth-order valence-electron chi connectivity index (χ4n) is 1.71. The lowest BCUT2D eigenvalue weighted by Gasteiger charge is -2.06. The molecule has 2 N–H and O–H groups in total. The summed E-state index contributed by atoms with van der Waals surface area (Å²) in [5.74, 6) is -0.339. The van der Waals surface area contributed by atoms with Crippen LogP contribution in [0.1, 0.15) is 28.7 Å². The van der Waals surface area contributed by atoms with Crippen LogP contribution in [0.15, 0.2) is 42.7 Å². The second-order valence-electron chi connectivity index (χ2n) is 4.45. The van der Waals surface area contributed by atoms with E-state index in [0.29, 0.717) is 24.3 Å². The maximum atomic E-state index is 12.1. The minimum atomic E-state index is -0.202. The molecule has 2 heterocycles. The van der Waals surface area contributed by atoms with Crippen LogP contribution >= 0.6 is 0 Å². The minimum Gasteiger partial charge on any atom is -0.351 e. The Morgan fingerprint density at radius 2 is 1.76 bits per heavy atom. The summed E-state index contributed by atoms with van der Waals surface area (Å²) in [4.78, 5) is 31.2. The predicted molar refractivity (Wildman–Crippen MR) is 77.2 cm³/mol. The van der Waals surface area contributed by atoms with E-state index in [1.807, 2.05) is 18.2 Å². The molecule has 2 rings (SSSR count). The first-order valence-corrected chi connectivity index (χ1v) is 6.52. The van der Waals surface area contributed by atoms with E-state index >= 15 is 0 Å². The number of hydrogen-bond donors (Lipinski definition) is 2. The monoisotopic (exact) mass is 284 g/mol. The molecule has 0 atom stereocenters. The maximum Gasteiger partial charge on any atom is 0.251 e. The van der Waals surface area contributed by atoms with Gasteiger partial charge in [-0.25, -0.2) is 0 Å². The van der Waals surface area contributed by atoms with Crippen molar-refractivity contribution in [1.29, 1.82) is 0 Å². The highest BCUT2D eigenvalue weighted by Gasteiger charge is 2.07. The fraction of sp³-hybridized carbons (Fsp3) is 0.200. The first-order chi connectivity index (χ1) is 10.1. The predicted octanol–water partition coefficient (Wildman–Crippen LogP) is 1.04. The van der Waals surface area contributed by atoms with Gasteiger partial charge in [0.1, 0.15) is 0 Å². The van der Waals surface area contributed by atoms with Crippen LogP contribution in [-0.4, -0.2) is 21.8 Å². The van der Waals surface area contributed by atoms with Gasteiger partial charge in [-0.1, -0.05) is 6.07 Å². The van der Waals surface area contributed by atoms with Crippen molar-refractivity contribution >= 4 is 11.8 Å². The van der Waals surface area contributed by atoms with Crippen molar-refractivity contribution in [3.63, 3.8) is 0 Å². The van der Waals surface area contributed by atoms with E-state index in [9.17, 15) is 9.59 Å². The summed E-state index contributed by atoms with van der Waals surface area (Å²) in [7, 11) is 0. The number of nitrogens with zero attached hydrogens (tertiary/aromatic N) is 2. The Kier molecular flexibility index (Phi) is 4.98. The van der Waals surface area contributed by atoms with Crippen molar-refractivity contribution < 1.29 is 9.59 Å². The molecule has 0 bridgehead atoms. The molecule has 6 nitrogen and oxygen atoms in total. The van der Waals surface area contributed by atoms with E-state index in [0.717, 1.165) is 5.69 Å². The van der Waals surface area contributed by atoms with Gasteiger partial charge in [-0.2, -0.15) is 0 Å². The fourth-order valence-corrected chi connectivity index (χ4v) is 1.71. The topological polar surface area (TPSA) is 84.0 Å². The standard InChI is InChI=1S/C15H16N4O2/c1-11(20)18-10-14-8-12(5-7-17-14)15(21)19-9-13-4-2-3-6-16-13/h2-8H,9-10H2,1H3,(H,18,20)(H,19,21). The van der Waals surface area contributed by atoms with Crippen LogP contribution < -0.4 is 10.6 Å². The van der Waals surface area contributed by atoms with E-state index in [4.69, 9.17) is 0 Å². The highest BCUT2D eigenvalue weighted by atomic mass is 16.2. The molecule has 0 aliphatic rings. The SMILES string of the molecule is CC(=O)NCc1cc(C(=O)NCc2ccccn2)ccn1. The van der Waals surface area contributed by atoms with Gasteiger partial charge in [0.25, 0.3) is 5.91 Å². The van der Waals surface area contributed by atoms with Crippen molar-refractivity contribution in [3.8, 4) is 0 Å². The third kappa shape index (κ3) is 4.68. The van der Waals surface area contributed by atoms with Crippen molar-refractivity contribution in [2.24, 2.45) is 0 Å². The summed E-state index contributed by atoms with van der Waals surface area (Å²) in [6, 6.07) is 8.82. The molecule has 2 aromatic heterocycles. The normalized spacial score (nSPS) is 9.95. The molecule has 2 amide bonds. The average molecular weight is 284 g/mol. The Balaban J connectivity index is 1.95. The van der Waals surface area contributed by atoms with E-state index < -0.39 is 0 Å². The van der Waals surface area contributed by atoms with Crippen LogP contribution in [0.3, 0.4) is 0 Å². The van der Waals surface area contributed by atoms with Crippen LogP contribution in [0.25, 0.3) is 0 Å². The molecule has 0 aliphatic heterocycles. The average Bonchev–Trinajstić information content (AvgIpc) is 2.52. The summed E-state index contributed by atoms with van der Waals surface area (Å²) < 4.78 is 0. The van der Waals surface area contributed by atoms with Gasteiger partial charge >= 0.3 is 0 Å². The van der Waals surface area contributed by atoms with Gasteiger partial charge in [0.15, 0.2) is 0 Å². The lowest BCUT2D eigenvalue weighted by molar-refractivity contribution is -0.119. The van der Waals surface area contributed by atoms with Gasteiger partial charge in [0.05, 0.1) is 24.5 Å². The number of pyridine rings is 2. The van der Waals surface area contributed by atoms with Crippen LogP contribution in [0.2, 0.25) is 0 Å². The molecular weight excluding hydrogens is 268 g/mol. The van der Waals surface area contributed by atoms with Crippen molar-refractivity contribution in [2.75, 3.05) is 0 Å². The number of nitrogens with one attached hydrogen (secondary N) is 2. The van der Waals surface area contributed by atoms with Gasteiger partial charge in [-0.15, -0.1) is 0 Å². The quantitative estimate of drug-likeness (QED) is 0.859. The summed E-state index contributed by atoms with van der Waals surface area (Å²) in [5, 5.41) is 5.43. The minimum absolute atomic E-state index is 0.137. The molecule has 0 saturated carbocycles. The van der Waals surface area contributed by atoms with Crippen LogP contribution in [0.4, 0.5) is 0 Å². The molecule has 0 radical (unpaired) electrons. The number of carbonyl (C=O) groups excluding carboxylic acids is 2. The molecule has 0 spiro atoms.